The topological polar surface area (TPSA) is 89.8 Å². The van der Waals surface area contributed by atoms with E-state index in [1.807, 2.05) is 36.4 Å². The molecule has 0 bridgehead atoms. The molecule has 0 fully saturated rings. The Bertz CT molecular complexity index is 1260. The van der Waals surface area contributed by atoms with E-state index in [1.165, 1.54) is 0 Å². The molecule has 1 aliphatic heterocycles. The summed E-state index contributed by atoms with van der Waals surface area (Å²) in [6.45, 7) is 1.17. The molecule has 0 spiro atoms. The predicted molar refractivity (Wildman–Crippen MR) is 111 cm³/mol. The fourth-order valence-electron chi connectivity index (χ4n) is 3.51. The number of nitrogens with one attached hydrogen (secondary N) is 1. The Morgan fingerprint density at radius 1 is 0.967 bits per heavy atom. The average Bonchev–Trinajstić information content (AvgIpc) is 3.25. The van der Waals surface area contributed by atoms with Gasteiger partial charge in [-0.2, -0.15) is 5.10 Å². The van der Waals surface area contributed by atoms with Crippen LogP contribution in [0.5, 0.6) is 0 Å². The van der Waals surface area contributed by atoms with E-state index in [9.17, 15) is 9.59 Å². The molecule has 1 N–H and O–H groups in total. The smallest absolute Gasteiger partial charge is 0.269 e. The van der Waals surface area contributed by atoms with E-state index in [0.29, 0.717) is 52.7 Å². The van der Waals surface area contributed by atoms with Crippen LogP contribution in [0.15, 0.2) is 72.9 Å². The van der Waals surface area contributed by atoms with Crippen LogP contribution < -0.4 is 5.32 Å². The van der Waals surface area contributed by atoms with Gasteiger partial charge in [0.2, 0.25) is 0 Å². The van der Waals surface area contributed by atoms with Crippen molar-refractivity contribution in [3.8, 4) is 22.8 Å². The fourth-order valence-corrected chi connectivity index (χ4v) is 3.51. The molecule has 3 heterocycles. The lowest BCUT2D eigenvalue weighted by Gasteiger charge is -2.13. The SMILES string of the molecule is O=C(c1ccccc1)c1ccccc1-c1nccc(-c2cc3n(n2)CCNC3=O)n1. The molecule has 0 radical (unpaired) electrons. The second-order valence-electron chi connectivity index (χ2n) is 6.90. The van der Waals surface area contributed by atoms with E-state index < -0.39 is 0 Å². The summed E-state index contributed by atoms with van der Waals surface area (Å²) < 4.78 is 1.68. The summed E-state index contributed by atoms with van der Waals surface area (Å²) in [5.41, 5.74) is 3.48. The number of hydrogen-bond acceptors (Lipinski definition) is 5. The van der Waals surface area contributed by atoms with E-state index in [0.717, 1.165) is 0 Å². The summed E-state index contributed by atoms with van der Waals surface area (Å²) >= 11 is 0. The Morgan fingerprint density at radius 3 is 2.60 bits per heavy atom. The summed E-state index contributed by atoms with van der Waals surface area (Å²) in [4.78, 5) is 34.1. The molecule has 30 heavy (non-hydrogen) atoms. The highest BCUT2D eigenvalue weighted by molar-refractivity contribution is 6.12. The Labute approximate surface area is 172 Å². The van der Waals surface area contributed by atoms with Crippen molar-refractivity contribution in [1.29, 1.82) is 0 Å². The van der Waals surface area contributed by atoms with Gasteiger partial charge in [-0.1, -0.05) is 54.6 Å². The van der Waals surface area contributed by atoms with Crippen LogP contribution in [0, 0.1) is 0 Å². The standard InChI is InChI=1S/C23H17N5O2/c29-21(15-6-2-1-3-7-15)16-8-4-5-9-17(16)22-24-11-10-18(26-22)19-14-20-23(30)25-12-13-28(20)27-19/h1-11,14H,12-13H2,(H,25,30). The van der Waals surface area contributed by atoms with Crippen LogP contribution in [0.1, 0.15) is 26.4 Å². The highest BCUT2D eigenvalue weighted by Crippen LogP contribution is 2.25. The van der Waals surface area contributed by atoms with Crippen molar-refractivity contribution in [2.75, 3.05) is 6.54 Å². The number of aromatic nitrogens is 4. The molecule has 7 nitrogen and oxygen atoms in total. The number of hydrogen-bond donors (Lipinski definition) is 1. The minimum atomic E-state index is -0.145. The molecule has 0 aliphatic carbocycles. The first-order chi connectivity index (χ1) is 14.7. The summed E-state index contributed by atoms with van der Waals surface area (Å²) in [5, 5.41) is 7.32. The second-order valence-corrected chi connectivity index (χ2v) is 6.90. The van der Waals surface area contributed by atoms with Crippen molar-refractivity contribution in [2.45, 2.75) is 6.54 Å². The Balaban J connectivity index is 1.56. The number of carbonyl (C=O) groups excluding carboxylic acids is 2. The molecule has 0 unspecified atom stereocenters. The van der Waals surface area contributed by atoms with Gasteiger partial charge in [0.25, 0.3) is 5.91 Å². The summed E-state index contributed by atoms with van der Waals surface area (Å²) in [6.07, 6.45) is 1.64. The lowest BCUT2D eigenvalue weighted by Crippen LogP contribution is -2.35. The van der Waals surface area contributed by atoms with Gasteiger partial charge in [0.05, 0.1) is 12.2 Å². The molecular formula is C23H17N5O2. The second kappa shape index (κ2) is 7.36. The summed E-state index contributed by atoms with van der Waals surface area (Å²) in [6, 6.07) is 19.9. The number of ketones is 1. The van der Waals surface area contributed by atoms with E-state index in [2.05, 4.69) is 20.4 Å². The van der Waals surface area contributed by atoms with Gasteiger partial charge in [-0.3, -0.25) is 14.3 Å². The van der Waals surface area contributed by atoms with Gasteiger partial charge in [-0.15, -0.1) is 0 Å². The number of nitrogens with zero attached hydrogens (tertiary/aromatic N) is 4. The number of amides is 1. The van der Waals surface area contributed by atoms with Crippen molar-refractivity contribution >= 4 is 11.7 Å². The lowest BCUT2D eigenvalue weighted by atomic mass is 9.98. The fraction of sp³-hybridized carbons (Fsp3) is 0.0870. The van der Waals surface area contributed by atoms with Crippen molar-refractivity contribution < 1.29 is 9.59 Å². The Hall–Kier alpha value is -4.13. The van der Waals surface area contributed by atoms with E-state index in [1.54, 1.807) is 41.2 Å². The molecular weight excluding hydrogens is 378 g/mol. The van der Waals surface area contributed by atoms with E-state index in [-0.39, 0.29) is 11.7 Å². The van der Waals surface area contributed by atoms with Crippen LogP contribution in [0.3, 0.4) is 0 Å². The first kappa shape index (κ1) is 17.9. The van der Waals surface area contributed by atoms with Gasteiger partial charge < -0.3 is 5.32 Å². The Morgan fingerprint density at radius 2 is 1.77 bits per heavy atom. The van der Waals surface area contributed by atoms with Gasteiger partial charge in [0, 0.05) is 29.4 Å². The largest absolute Gasteiger partial charge is 0.349 e. The number of benzene rings is 2. The Kier molecular flexibility index (Phi) is 4.40. The predicted octanol–water partition coefficient (Wildman–Crippen LogP) is 2.98. The minimum absolute atomic E-state index is 0.0886. The molecule has 7 heteroatoms. The van der Waals surface area contributed by atoms with Crippen LogP contribution in [0.25, 0.3) is 22.8 Å². The maximum absolute atomic E-state index is 13.0. The summed E-state index contributed by atoms with van der Waals surface area (Å²) in [5.74, 6) is 0.199. The van der Waals surface area contributed by atoms with Crippen molar-refractivity contribution in [2.24, 2.45) is 0 Å². The molecule has 2 aromatic heterocycles. The molecule has 0 atom stereocenters. The molecule has 0 saturated heterocycles. The number of carbonyl (C=O) groups is 2. The van der Waals surface area contributed by atoms with Gasteiger partial charge in [-0.25, -0.2) is 9.97 Å². The van der Waals surface area contributed by atoms with Gasteiger partial charge in [0.1, 0.15) is 11.4 Å². The molecule has 2 aromatic carbocycles. The third-order valence-corrected chi connectivity index (χ3v) is 4.99. The van der Waals surface area contributed by atoms with Gasteiger partial charge >= 0.3 is 0 Å². The van der Waals surface area contributed by atoms with Crippen LogP contribution in [0.4, 0.5) is 0 Å². The van der Waals surface area contributed by atoms with Gasteiger partial charge in [-0.05, 0) is 12.1 Å². The summed E-state index contributed by atoms with van der Waals surface area (Å²) in [7, 11) is 0. The minimum Gasteiger partial charge on any atom is -0.349 e. The first-order valence-corrected chi connectivity index (χ1v) is 9.59. The van der Waals surface area contributed by atoms with Gasteiger partial charge in [0.15, 0.2) is 11.6 Å². The highest BCUT2D eigenvalue weighted by atomic mass is 16.2. The maximum atomic E-state index is 13.0. The van der Waals surface area contributed by atoms with Crippen molar-refractivity contribution in [3.63, 3.8) is 0 Å². The lowest BCUT2D eigenvalue weighted by molar-refractivity contribution is 0.0924. The van der Waals surface area contributed by atoms with Crippen molar-refractivity contribution in [3.05, 3.63) is 89.7 Å². The van der Waals surface area contributed by atoms with Crippen LogP contribution in [-0.2, 0) is 6.54 Å². The van der Waals surface area contributed by atoms with Crippen molar-refractivity contribution in [1.82, 2.24) is 25.1 Å². The zero-order valence-electron chi connectivity index (χ0n) is 15.9. The molecule has 4 aromatic rings. The maximum Gasteiger partial charge on any atom is 0.269 e. The molecule has 1 amide bonds. The molecule has 0 saturated carbocycles. The van der Waals surface area contributed by atoms with E-state index in [4.69, 9.17) is 0 Å². The van der Waals surface area contributed by atoms with Crippen LogP contribution in [-0.4, -0.2) is 38.0 Å². The zero-order chi connectivity index (χ0) is 20.5. The quantitative estimate of drug-likeness (QED) is 0.537. The van der Waals surface area contributed by atoms with Crippen LogP contribution in [0.2, 0.25) is 0 Å². The molecule has 146 valence electrons. The zero-order valence-corrected chi connectivity index (χ0v) is 15.9. The average molecular weight is 395 g/mol. The molecule has 5 rings (SSSR count). The third-order valence-electron chi connectivity index (χ3n) is 4.99. The third kappa shape index (κ3) is 3.16. The first-order valence-electron chi connectivity index (χ1n) is 9.59. The highest BCUT2D eigenvalue weighted by Gasteiger charge is 2.21. The molecule has 1 aliphatic rings. The van der Waals surface area contributed by atoms with E-state index >= 15 is 0 Å². The number of fused-ring (bicyclic) bond motifs is 1. The monoisotopic (exact) mass is 395 g/mol. The van der Waals surface area contributed by atoms with Crippen LogP contribution >= 0.6 is 0 Å². The number of rotatable bonds is 4. The normalized spacial score (nSPS) is 12.9.